The van der Waals surface area contributed by atoms with Crippen LogP contribution in [-0.2, 0) is 4.79 Å². The van der Waals surface area contributed by atoms with Crippen molar-refractivity contribution in [2.75, 3.05) is 10.6 Å². The largest absolute Gasteiger partial charge is 0.382 e. The van der Waals surface area contributed by atoms with E-state index in [9.17, 15) is 4.79 Å². The van der Waals surface area contributed by atoms with Crippen molar-refractivity contribution >= 4 is 17.3 Å². The Bertz CT molecular complexity index is 464. The molecule has 2 N–H and O–H groups in total. The monoisotopic (exact) mass is 274 g/mol. The minimum Gasteiger partial charge on any atom is -0.382 e. The zero-order valence-electron chi connectivity index (χ0n) is 13.0. The first kappa shape index (κ1) is 14.9. The highest BCUT2D eigenvalue weighted by atomic mass is 16.1. The Morgan fingerprint density at radius 2 is 1.80 bits per heavy atom. The molecule has 1 aliphatic rings. The zero-order chi connectivity index (χ0) is 14.8. The van der Waals surface area contributed by atoms with Crippen molar-refractivity contribution in [1.29, 1.82) is 0 Å². The van der Waals surface area contributed by atoms with Gasteiger partial charge in [-0.3, -0.25) is 4.79 Å². The van der Waals surface area contributed by atoms with Gasteiger partial charge in [0.25, 0.3) is 0 Å². The van der Waals surface area contributed by atoms with Crippen molar-refractivity contribution in [2.24, 2.45) is 11.3 Å². The Balaban J connectivity index is 1.95. The van der Waals surface area contributed by atoms with E-state index in [0.717, 1.165) is 11.4 Å². The molecule has 1 amide bonds. The molecule has 3 nitrogen and oxygen atoms in total. The summed E-state index contributed by atoms with van der Waals surface area (Å²) in [5.41, 5.74) is 2.46. The van der Waals surface area contributed by atoms with Crippen LogP contribution in [0.1, 0.15) is 47.0 Å². The molecule has 1 fully saturated rings. The second kappa shape index (κ2) is 5.86. The van der Waals surface area contributed by atoms with E-state index < -0.39 is 0 Å². The van der Waals surface area contributed by atoms with E-state index in [1.54, 1.807) is 0 Å². The summed E-state index contributed by atoms with van der Waals surface area (Å²) in [6.45, 7) is 8.59. The summed E-state index contributed by atoms with van der Waals surface area (Å²) in [5.74, 6) is 0.655. The molecule has 2 unspecified atom stereocenters. The van der Waals surface area contributed by atoms with E-state index in [-0.39, 0.29) is 5.91 Å². The predicted molar refractivity (Wildman–Crippen MR) is 85.0 cm³/mol. The molecule has 0 aliphatic heterocycles. The van der Waals surface area contributed by atoms with Gasteiger partial charge in [0, 0.05) is 24.3 Å². The summed E-state index contributed by atoms with van der Waals surface area (Å²) in [7, 11) is 0. The van der Waals surface area contributed by atoms with Crippen molar-refractivity contribution in [3.8, 4) is 0 Å². The quantitative estimate of drug-likeness (QED) is 0.864. The van der Waals surface area contributed by atoms with E-state index in [0.29, 0.717) is 17.4 Å². The molecule has 0 saturated heterocycles. The van der Waals surface area contributed by atoms with Gasteiger partial charge in [0.15, 0.2) is 0 Å². The molecule has 1 aromatic carbocycles. The minimum atomic E-state index is -0.0335. The van der Waals surface area contributed by atoms with Crippen LogP contribution in [0.25, 0.3) is 0 Å². The smallest absolute Gasteiger partial charge is 0.221 e. The molecule has 2 rings (SSSR count). The summed E-state index contributed by atoms with van der Waals surface area (Å²) in [4.78, 5) is 11.0. The van der Waals surface area contributed by atoms with Gasteiger partial charge >= 0.3 is 0 Å². The van der Waals surface area contributed by atoms with E-state index in [1.165, 1.54) is 26.2 Å². The summed E-state index contributed by atoms with van der Waals surface area (Å²) in [6.07, 6.45) is 3.77. The second-order valence-corrected chi connectivity index (χ2v) is 6.89. The van der Waals surface area contributed by atoms with Crippen LogP contribution in [0.5, 0.6) is 0 Å². The molecule has 0 aromatic heterocycles. The van der Waals surface area contributed by atoms with Crippen LogP contribution >= 0.6 is 0 Å². The maximum Gasteiger partial charge on any atom is 0.221 e. The SMILES string of the molecule is CC(=O)Nc1ccc(NC2CCC(C)(C)CC2C)cc1. The maximum absolute atomic E-state index is 11.0. The molecule has 1 aromatic rings. The van der Waals surface area contributed by atoms with Gasteiger partial charge in [0.2, 0.25) is 5.91 Å². The Labute approximate surface area is 122 Å². The summed E-state index contributed by atoms with van der Waals surface area (Å²) in [5, 5.41) is 6.42. The molecule has 0 heterocycles. The second-order valence-electron chi connectivity index (χ2n) is 6.89. The number of amides is 1. The molecular formula is C17H26N2O. The third kappa shape index (κ3) is 3.99. The van der Waals surface area contributed by atoms with Crippen molar-refractivity contribution in [3.63, 3.8) is 0 Å². The standard InChI is InChI=1S/C17H26N2O/c1-12-11-17(3,4)10-9-16(12)19-15-7-5-14(6-8-15)18-13(2)20/h5-8,12,16,19H,9-11H2,1-4H3,(H,18,20). The highest BCUT2D eigenvalue weighted by Gasteiger charge is 2.32. The van der Waals surface area contributed by atoms with Crippen LogP contribution in [0, 0.1) is 11.3 Å². The van der Waals surface area contributed by atoms with Crippen LogP contribution in [0.2, 0.25) is 0 Å². The van der Waals surface area contributed by atoms with E-state index in [4.69, 9.17) is 0 Å². The highest BCUT2D eigenvalue weighted by molar-refractivity contribution is 5.88. The van der Waals surface area contributed by atoms with Gasteiger partial charge in [-0.05, 0) is 54.9 Å². The zero-order valence-corrected chi connectivity index (χ0v) is 13.0. The number of nitrogens with one attached hydrogen (secondary N) is 2. The molecule has 1 saturated carbocycles. The summed E-state index contributed by atoms with van der Waals surface area (Å²) >= 11 is 0. The number of hydrogen-bond acceptors (Lipinski definition) is 2. The Morgan fingerprint density at radius 1 is 1.20 bits per heavy atom. The summed E-state index contributed by atoms with van der Waals surface area (Å²) in [6, 6.07) is 8.52. The van der Waals surface area contributed by atoms with Crippen molar-refractivity contribution in [2.45, 2.75) is 53.0 Å². The molecular weight excluding hydrogens is 248 g/mol. The van der Waals surface area contributed by atoms with Crippen LogP contribution in [0.3, 0.4) is 0 Å². The molecule has 0 spiro atoms. The first-order valence-corrected chi connectivity index (χ1v) is 7.50. The molecule has 0 bridgehead atoms. The van der Waals surface area contributed by atoms with Crippen molar-refractivity contribution in [1.82, 2.24) is 0 Å². The average Bonchev–Trinajstić information content (AvgIpc) is 2.34. The lowest BCUT2D eigenvalue weighted by molar-refractivity contribution is -0.114. The fraction of sp³-hybridized carbons (Fsp3) is 0.588. The Hall–Kier alpha value is -1.51. The van der Waals surface area contributed by atoms with Crippen LogP contribution in [-0.4, -0.2) is 11.9 Å². The van der Waals surface area contributed by atoms with Gasteiger partial charge in [-0.1, -0.05) is 20.8 Å². The number of carbonyl (C=O) groups is 1. The lowest BCUT2D eigenvalue weighted by Crippen LogP contribution is -2.36. The molecule has 1 aliphatic carbocycles. The van der Waals surface area contributed by atoms with Gasteiger partial charge in [0.05, 0.1) is 0 Å². The van der Waals surface area contributed by atoms with E-state index >= 15 is 0 Å². The number of anilines is 2. The average molecular weight is 274 g/mol. The van der Waals surface area contributed by atoms with Crippen molar-refractivity contribution < 1.29 is 4.79 Å². The third-order valence-electron chi connectivity index (χ3n) is 4.25. The molecule has 20 heavy (non-hydrogen) atoms. The first-order chi connectivity index (χ1) is 9.35. The van der Waals surface area contributed by atoms with Gasteiger partial charge in [-0.25, -0.2) is 0 Å². The fourth-order valence-electron chi connectivity index (χ4n) is 3.23. The predicted octanol–water partition coefficient (Wildman–Crippen LogP) is 4.27. The van der Waals surface area contributed by atoms with E-state index in [2.05, 4.69) is 31.4 Å². The lowest BCUT2D eigenvalue weighted by Gasteiger charge is -2.40. The minimum absolute atomic E-state index is 0.0335. The highest BCUT2D eigenvalue weighted by Crippen LogP contribution is 2.39. The van der Waals surface area contributed by atoms with E-state index in [1.807, 2.05) is 24.3 Å². The van der Waals surface area contributed by atoms with Crippen LogP contribution < -0.4 is 10.6 Å². The lowest BCUT2D eigenvalue weighted by atomic mass is 9.70. The topological polar surface area (TPSA) is 41.1 Å². The van der Waals surface area contributed by atoms with Crippen LogP contribution in [0.15, 0.2) is 24.3 Å². The number of rotatable bonds is 3. The first-order valence-electron chi connectivity index (χ1n) is 7.50. The molecule has 0 radical (unpaired) electrons. The number of benzene rings is 1. The Kier molecular flexibility index (Phi) is 4.36. The maximum atomic E-state index is 11.0. The molecule has 110 valence electrons. The molecule has 3 heteroatoms. The van der Waals surface area contributed by atoms with Gasteiger partial charge in [0.1, 0.15) is 0 Å². The van der Waals surface area contributed by atoms with Gasteiger partial charge in [-0.2, -0.15) is 0 Å². The number of carbonyl (C=O) groups excluding carboxylic acids is 1. The normalized spacial score (nSPS) is 25.0. The number of hydrogen-bond donors (Lipinski definition) is 2. The Morgan fingerprint density at radius 3 is 2.35 bits per heavy atom. The van der Waals surface area contributed by atoms with Crippen molar-refractivity contribution in [3.05, 3.63) is 24.3 Å². The van der Waals surface area contributed by atoms with Gasteiger partial charge in [-0.15, -0.1) is 0 Å². The van der Waals surface area contributed by atoms with Gasteiger partial charge < -0.3 is 10.6 Å². The van der Waals surface area contributed by atoms with Crippen LogP contribution in [0.4, 0.5) is 11.4 Å². The molecule has 2 atom stereocenters. The summed E-state index contributed by atoms with van der Waals surface area (Å²) < 4.78 is 0. The third-order valence-corrected chi connectivity index (χ3v) is 4.25. The fourth-order valence-corrected chi connectivity index (χ4v) is 3.23.